The van der Waals surface area contributed by atoms with Crippen molar-refractivity contribution in [2.45, 2.75) is 13.1 Å². The van der Waals surface area contributed by atoms with Gasteiger partial charge < -0.3 is 10.2 Å². The molecular weight excluding hydrogens is 357 g/mol. The van der Waals surface area contributed by atoms with Gasteiger partial charge in [0.2, 0.25) is 0 Å². The topological polar surface area (TPSA) is 35.6 Å². The van der Waals surface area contributed by atoms with E-state index >= 15 is 0 Å². The van der Waals surface area contributed by atoms with E-state index in [0.29, 0.717) is 11.6 Å². The van der Waals surface area contributed by atoms with E-state index in [0.717, 1.165) is 43.3 Å². The van der Waals surface area contributed by atoms with Crippen LogP contribution in [-0.2, 0) is 13.1 Å². The van der Waals surface area contributed by atoms with Crippen LogP contribution in [0.3, 0.4) is 0 Å². The molecule has 0 atom stereocenters. The third-order valence-corrected chi connectivity index (χ3v) is 4.99. The highest BCUT2D eigenvalue weighted by atomic mass is 35.5. The fourth-order valence-electron chi connectivity index (χ4n) is 2.88. The van der Waals surface area contributed by atoms with Gasteiger partial charge in [0.15, 0.2) is 0 Å². The van der Waals surface area contributed by atoms with Gasteiger partial charge in [-0.2, -0.15) is 0 Å². The fourth-order valence-corrected chi connectivity index (χ4v) is 3.21. The number of halogens is 2. The van der Waals surface area contributed by atoms with Crippen LogP contribution in [0.4, 0.5) is 4.79 Å². The maximum absolute atomic E-state index is 12.3. The molecule has 0 spiro atoms. The average Bonchev–Trinajstić information content (AvgIpc) is 2.63. The zero-order valence-corrected chi connectivity index (χ0v) is 15.4. The van der Waals surface area contributed by atoms with Gasteiger partial charge in [-0.1, -0.05) is 53.5 Å². The Morgan fingerprint density at radius 1 is 0.960 bits per heavy atom. The Labute approximate surface area is 158 Å². The first-order chi connectivity index (χ1) is 12.1. The number of carbonyl (C=O) groups excluding carboxylic acids is 1. The second kappa shape index (κ2) is 8.56. The van der Waals surface area contributed by atoms with Crippen LogP contribution in [0.5, 0.6) is 0 Å². The maximum atomic E-state index is 12.3. The van der Waals surface area contributed by atoms with Crippen molar-refractivity contribution >= 4 is 29.2 Å². The lowest BCUT2D eigenvalue weighted by molar-refractivity contribution is 0.135. The Balaban J connectivity index is 1.44. The van der Waals surface area contributed by atoms with E-state index in [1.54, 1.807) is 0 Å². The molecule has 6 heteroatoms. The lowest BCUT2D eigenvalue weighted by Crippen LogP contribution is -2.51. The van der Waals surface area contributed by atoms with Crippen molar-refractivity contribution in [2.75, 3.05) is 26.2 Å². The Bertz CT molecular complexity index is 713. The second-order valence-corrected chi connectivity index (χ2v) is 6.98. The fraction of sp³-hybridized carbons (Fsp3) is 0.316. The van der Waals surface area contributed by atoms with Gasteiger partial charge in [-0.3, -0.25) is 4.90 Å². The number of nitrogens with zero attached hydrogens (tertiary/aromatic N) is 2. The standard InChI is InChI=1S/C19H21Cl2N3O/c20-17-7-5-15(6-8-17)14-23-9-11-24(12-10-23)19(25)22-13-16-3-1-2-4-18(16)21/h1-8H,9-14H2,(H,22,25). The Morgan fingerprint density at radius 2 is 1.64 bits per heavy atom. The minimum Gasteiger partial charge on any atom is -0.334 e. The van der Waals surface area contributed by atoms with Gasteiger partial charge in [0.05, 0.1) is 0 Å². The highest BCUT2D eigenvalue weighted by molar-refractivity contribution is 6.31. The molecule has 1 aliphatic heterocycles. The van der Waals surface area contributed by atoms with Crippen molar-refractivity contribution in [1.29, 1.82) is 0 Å². The van der Waals surface area contributed by atoms with Gasteiger partial charge in [-0.15, -0.1) is 0 Å². The van der Waals surface area contributed by atoms with Crippen molar-refractivity contribution < 1.29 is 4.79 Å². The second-order valence-electron chi connectivity index (χ2n) is 6.14. The molecule has 0 aromatic heterocycles. The highest BCUT2D eigenvalue weighted by Crippen LogP contribution is 2.15. The van der Waals surface area contributed by atoms with Crippen molar-refractivity contribution in [3.8, 4) is 0 Å². The molecule has 3 rings (SSSR count). The quantitative estimate of drug-likeness (QED) is 0.872. The molecule has 2 amide bonds. The molecule has 0 aliphatic carbocycles. The van der Waals surface area contributed by atoms with E-state index in [1.165, 1.54) is 5.56 Å². The molecule has 1 fully saturated rings. The Hall–Kier alpha value is -1.75. The molecular formula is C19H21Cl2N3O. The van der Waals surface area contributed by atoms with Crippen LogP contribution in [0.2, 0.25) is 10.0 Å². The maximum Gasteiger partial charge on any atom is 0.317 e. The zero-order chi connectivity index (χ0) is 17.6. The van der Waals surface area contributed by atoms with Gasteiger partial charge in [-0.25, -0.2) is 4.79 Å². The summed E-state index contributed by atoms with van der Waals surface area (Å²) in [5.74, 6) is 0. The molecule has 0 bridgehead atoms. The van der Waals surface area contributed by atoms with Gasteiger partial charge in [0.25, 0.3) is 0 Å². The summed E-state index contributed by atoms with van der Waals surface area (Å²) >= 11 is 12.0. The van der Waals surface area contributed by atoms with Crippen molar-refractivity contribution in [3.05, 3.63) is 69.7 Å². The van der Waals surface area contributed by atoms with Crippen molar-refractivity contribution in [3.63, 3.8) is 0 Å². The number of hydrogen-bond acceptors (Lipinski definition) is 2. The number of carbonyl (C=O) groups is 1. The molecule has 2 aromatic carbocycles. The Morgan fingerprint density at radius 3 is 2.32 bits per heavy atom. The van der Waals surface area contributed by atoms with Crippen LogP contribution in [0, 0.1) is 0 Å². The van der Waals surface area contributed by atoms with E-state index in [4.69, 9.17) is 23.2 Å². The van der Waals surface area contributed by atoms with Gasteiger partial charge >= 0.3 is 6.03 Å². The predicted octanol–water partition coefficient (Wildman–Crippen LogP) is 4.02. The van der Waals surface area contributed by atoms with E-state index in [2.05, 4.69) is 10.2 Å². The minimum absolute atomic E-state index is 0.0361. The van der Waals surface area contributed by atoms with E-state index < -0.39 is 0 Å². The molecule has 0 saturated carbocycles. The van der Waals surface area contributed by atoms with E-state index in [1.807, 2.05) is 53.4 Å². The van der Waals surface area contributed by atoms with E-state index in [-0.39, 0.29) is 6.03 Å². The van der Waals surface area contributed by atoms with Crippen LogP contribution >= 0.6 is 23.2 Å². The molecule has 4 nitrogen and oxygen atoms in total. The number of benzene rings is 2. The van der Waals surface area contributed by atoms with Crippen LogP contribution in [0.25, 0.3) is 0 Å². The van der Waals surface area contributed by atoms with Crippen LogP contribution < -0.4 is 5.32 Å². The van der Waals surface area contributed by atoms with Crippen LogP contribution in [-0.4, -0.2) is 42.0 Å². The normalized spacial score (nSPS) is 15.2. The number of nitrogens with one attached hydrogen (secondary N) is 1. The SMILES string of the molecule is O=C(NCc1ccccc1Cl)N1CCN(Cc2ccc(Cl)cc2)CC1. The smallest absolute Gasteiger partial charge is 0.317 e. The third-order valence-electron chi connectivity index (χ3n) is 4.37. The number of amides is 2. The number of rotatable bonds is 4. The number of piperazine rings is 1. The molecule has 1 saturated heterocycles. The molecule has 1 N–H and O–H groups in total. The summed E-state index contributed by atoms with van der Waals surface area (Å²) in [5, 5.41) is 4.38. The summed E-state index contributed by atoms with van der Waals surface area (Å²) in [6.07, 6.45) is 0. The molecule has 2 aromatic rings. The van der Waals surface area contributed by atoms with Crippen molar-refractivity contribution in [1.82, 2.24) is 15.1 Å². The molecule has 0 unspecified atom stereocenters. The lowest BCUT2D eigenvalue weighted by Gasteiger charge is -2.34. The monoisotopic (exact) mass is 377 g/mol. The molecule has 0 radical (unpaired) electrons. The predicted molar refractivity (Wildman–Crippen MR) is 102 cm³/mol. The Kier molecular flexibility index (Phi) is 6.19. The number of hydrogen-bond donors (Lipinski definition) is 1. The van der Waals surface area contributed by atoms with E-state index in [9.17, 15) is 4.79 Å². The summed E-state index contributed by atoms with van der Waals surface area (Å²) in [6, 6.07) is 15.4. The largest absolute Gasteiger partial charge is 0.334 e. The van der Waals surface area contributed by atoms with Gasteiger partial charge in [0, 0.05) is 49.3 Å². The third kappa shape index (κ3) is 5.11. The summed E-state index contributed by atoms with van der Waals surface area (Å²) < 4.78 is 0. The summed E-state index contributed by atoms with van der Waals surface area (Å²) in [4.78, 5) is 16.5. The number of urea groups is 1. The highest BCUT2D eigenvalue weighted by Gasteiger charge is 2.21. The van der Waals surface area contributed by atoms with Gasteiger partial charge in [-0.05, 0) is 29.3 Å². The van der Waals surface area contributed by atoms with Crippen LogP contribution in [0.15, 0.2) is 48.5 Å². The summed E-state index contributed by atoms with van der Waals surface area (Å²) in [6.45, 7) is 4.50. The van der Waals surface area contributed by atoms with Crippen molar-refractivity contribution in [2.24, 2.45) is 0 Å². The lowest BCUT2D eigenvalue weighted by atomic mass is 10.2. The first kappa shape index (κ1) is 18.1. The van der Waals surface area contributed by atoms with Gasteiger partial charge in [0.1, 0.15) is 0 Å². The molecule has 1 aliphatic rings. The average molecular weight is 378 g/mol. The summed E-state index contributed by atoms with van der Waals surface area (Å²) in [7, 11) is 0. The summed E-state index contributed by atoms with van der Waals surface area (Å²) in [5.41, 5.74) is 2.17. The molecule has 25 heavy (non-hydrogen) atoms. The first-order valence-electron chi connectivity index (χ1n) is 8.35. The molecule has 1 heterocycles. The van der Waals surface area contributed by atoms with Crippen LogP contribution in [0.1, 0.15) is 11.1 Å². The molecule has 132 valence electrons. The first-order valence-corrected chi connectivity index (χ1v) is 9.10. The minimum atomic E-state index is -0.0361. The zero-order valence-electron chi connectivity index (χ0n) is 13.9.